The van der Waals surface area contributed by atoms with Crippen LogP contribution in [0, 0.1) is 11.3 Å². The predicted molar refractivity (Wildman–Crippen MR) is 103 cm³/mol. The van der Waals surface area contributed by atoms with Crippen molar-refractivity contribution in [3.8, 4) is 6.07 Å². The topological polar surface area (TPSA) is 95.8 Å². The van der Waals surface area contributed by atoms with Crippen LogP contribution in [0.4, 0.5) is 0 Å². The molecular weight excluding hydrogens is 362 g/mol. The third kappa shape index (κ3) is 3.69. The number of aromatic amines is 1. The van der Waals surface area contributed by atoms with Gasteiger partial charge in [-0.15, -0.1) is 11.3 Å². The standard InChI is InChI=1S/C20H23N3O3S/c21-10-14(15(24)11-26-12-6-2-1-3-7-12)18-22-19(25)17-13-8-4-5-9-16(13)27-20(17)23-18/h12,14H,1-9,11H2,(H,22,23,25)/t14-/m1/s1. The molecule has 7 heteroatoms. The molecule has 0 amide bonds. The molecule has 142 valence electrons. The Labute approximate surface area is 161 Å². The Bertz CT molecular complexity index is 950. The van der Waals surface area contributed by atoms with Crippen LogP contribution in [0.2, 0.25) is 0 Å². The van der Waals surface area contributed by atoms with Crippen molar-refractivity contribution < 1.29 is 9.53 Å². The first-order chi connectivity index (χ1) is 13.2. The normalized spacial score (nSPS) is 18.8. The van der Waals surface area contributed by atoms with Crippen molar-refractivity contribution in [1.29, 1.82) is 5.26 Å². The lowest BCUT2D eigenvalue weighted by Gasteiger charge is -2.21. The molecule has 0 radical (unpaired) electrons. The second-order valence-corrected chi connectivity index (χ2v) is 8.53. The first kappa shape index (κ1) is 18.3. The molecule has 0 unspecified atom stereocenters. The van der Waals surface area contributed by atoms with Gasteiger partial charge in [-0.05, 0) is 44.1 Å². The van der Waals surface area contributed by atoms with Gasteiger partial charge in [0.05, 0.1) is 17.6 Å². The fourth-order valence-electron chi connectivity index (χ4n) is 4.12. The number of hydrogen-bond acceptors (Lipinski definition) is 6. The van der Waals surface area contributed by atoms with Gasteiger partial charge < -0.3 is 9.72 Å². The Morgan fingerprint density at radius 3 is 2.81 bits per heavy atom. The quantitative estimate of drug-likeness (QED) is 0.851. The first-order valence-electron chi connectivity index (χ1n) is 9.75. The fraction of sp³-hybridized carbons (Fsp3) is 0.600. The van der Waals surface area contributed by atoms with E-state index >= 15 is 0 Å². The van der Waals surface area contributed by atoms with Gasteiger partial charge in [-0.1, -0.05) is 19.3 Å². The number of hydrogen-bond donors (Lipinski definition) is 1. The Morgan fingerprint density at radius 1 is 1.26 bits per heavy atom. The average Bonchev–Trinajstić information content (AvgIpc) is 3.06. The van der Waals surface area contributed by atoms with Crippen molar-refractivity contribution in [3.05, 3.63) is 26.6 Å². The first-order valence-corrected chi connectivity index (χ1v) is 10.6. The second kappa shape index (κ2) is 7.91. The van der Waals surface area contributed by atoms with Crippen LogP contribution in [0.15, 0.2) is 4.79 Å². The summed E-state index contributed by atoms with van der Waals surface area (Å²) in [5, 5.41) is 10.2. The fourth-order valence-corrected chi connectivity index (χ4v) is 5.39. The van der Waals surface area contributed by atoms with E-state index in [0.29, 0.717) is 10.2 Å². The largest absolute Gasteiger partial charge is 0.370 e. The number of H-pyrrole nitrogens is 1. The van der Waals surface area contributed by atoms with Crippen molar-refractivity contribution in [2.24, 2.45) is 0 Å². The molecule has 27 heavy (non-hydrogen) atoms. The summed E-state index contributed by atoms with van der Waals surface area (Å²) in [7, 11) is 0. The van der Waals surface area contributed by atoms with E-state index in [1.54, 1.807) is 0 Å². The van der Waals surface area contributed by atoms with E-state index in [2.05, 4.69) is 9.97 Å². The number of rotatable bonds is 5. The number of Topliss-reactive ketones (excluding diaryl/α,β-unsaturated/α-hetero) is 1. The van der Waals surface area contributed by atoms with Gasteiger partial charge in [0.15, 0.2) is 11.7 Å². The minimum Gasteiger partial charge on any atom is -0.370 e. The van der Waals surface area contributed by atoms with Gasteiger partial charge in [0.1, 0.15) is 17.3 Å². The number of thiophene rings is 1. The van der Waals surface area contributed by atoms with E-state index in [9.17, 15) is 14.9 Å². The molecule has 2 aromatic heterocycles. The molecule has 1 N–H and O–H groups in total. The van der Waals surface area contributed by atoms with Crippen molar-refractivity contribution in [2.75, 3.05) is 6.61 Å². The molecule has 0 spiro atoms. The molecule has 2 heterocycles. The molecular formula is C20H23N3O3S. The molecule has 2 aliphatic carbocycles. The summed E-state index contributed by atoms with van der Waals surface area (Å²) >= 11 is 1.52. The van der Waals surface area contributed by atoms with Crippen LogP contribution in [-0.4, -0.2) is 28.5 Å². The Morgan fingerprint density at radius 2 is 2.04 bits per heavy atom. The van der Waals surface area contributed by atoms with Crippen LogP contribution >= 0.6 is 11.3 Å². The summed E-state index contributed by atoms with van der Waals surface area (Å²) < 4.78 is 5.72. The monoisotopic (exact) mass is 385 g/mol. The number of fused-ring (bicyclic) bond motifs is 3. The average molecular weight is 385 g/mol. The van der Waals surface area contributed by atoms with E-state index < -0.39 is 5.92 Å². The van der Waals surface area contributed by atoms with Gasteiger partial charge in [0.25, 0.3) is 5.56 Å². The van der Waals surface area contributed by atoms with E-state index in [1.165, 1.54) is 22.6 Å². The molecule has 4 rings (SSSR count). The molecule has 2 aromatic rings. The zero-order chi connectivity index (χ0) is 18.8. The number of nitrogens with one attached hydrogen (secondary N) is 1. The van der Waals surface area contributed by atoms with Gasteiger partial charge in [0.2, 0.25) is 0 Å². The van der Waals surface area contributed by atoms with Crippen molar-refractivity contribution in [1.82, 2.24) is 9.97 Å². The number of ketones is 1. The van der Waals surface area contributed by atoms with Crippen molar-refractivity contribution in [2.45, 2.75) is 69.8 Å². The number of ether oxygens (including phenoxy) is 1. The lowest BCUT2D eigenvalue weighted by atomic mass is 9.97. The highest BCUT2D eigenvalue weighted by Crippen LogP contribution is 2.34. The highest BCUT2D eigenvalue weighted by atomic mass is 32.1. The molecule has 1 atom stereocenters. The maximum absolute atomic E-state index is 12.6. The van der Waals surface area contributed by atoms with Crippen LogP contribution in [0.5, 0.6) is 0 Å². The van der Waals surface area contributed by atoms with Gasteiger partial charge in [-0.3, -0.25) is 9.59 Å². The maximum atomic E-state index is 12.6. The molecule has 0 aliphatic heterocycles. The minimum absolute atomic E-state index is 0.0977. The Hall–Kier alpha value is -2.04. The van der Waals surface area contributed by atoms with E-state index in [4.69, 9.17) is 4.74 Å². The predicted octanol–water partition coefficient (Wildman–Crippen LogP) is 3.39. The number of nitrogens with zero attached hydrogens (tertiary/aromatic N) is 2. The molecule has 1 fully saturated rings. The third-order valence-electron chi connectivity index (χ3n) is 5.58. The highest BCUT2D eigenvalue weighted by Gasteiger charge is 2.27. The second-order valence-electron chi connectivity index (χ2n) is 7.44. The van der Waals surface area contributed by atoms with E-state index in [-0.39, 0.29) is 29.9 Å². The lowest BCUT2D eigenvalue weighted by Crippen LogP contribution is -2.26. The Kier molecular flexibility index (Phi) is 5.37. The van der Waals surface area contributed by atoms with Crippen LogP contribution in [-0.2, 0) is 22.4 Å². The van der Waals surface area contributed by atoms with Gasteiger partial charge in [-0.2, -0.15) is 5.26 Å². The van der Waals surface area contributed by atoms with Gasteiger partial charge >= 0.3 is 0 Å². The highest BCUT2D eigenvalue weighted by molar-refractivity contribution is 7.18. The molecule has 6 nitrogen and oxygen atoms in total. The van der Waals surface area contributed by atoms with Crippen LogP contribution in [0.1, 0.15) is 67.1 Å². The molecule has 0 bridgehead atoms. The number of carbonyl (C=O) groups excluding carboxylic acids is 1. The number of carbonyl (C=O) groups is 1. The van der Waals surface area contributed by atoms with Crippen LogP contribution < -0.4 is 5.56 Å². The van der Waals surface area contributed by atoms with Gasteiger partial charge in [0, 0.05) is 4.88 Å². The lowest BCUT2D eigenvalue weighted by molar-refractivity contribution is -0.126. The summed E-state index contributed by atoms with van der Waals surface area (Å²) in [5.74, 6) is -1.29. The molecule has 2 aliphatic rings. The number of aromatic nitrogens is 2. The van der Waals surface area contributed by atoms with Gasteiger partial charge in [-0.25, -0.2) is 4.98 Å². The molecule has 1 saturated carbocycles. The maximum Gasteiger partial charge on any atom is 0.259 e. The SMILES string of the molecule is N#C[C@H](C(=O)COC1CCCCC1)c1nc2sc3c(c2c(=O)[nH]1)CCCC3. The summed E-state index contributed by atoms with van der Waals surface area (Å²) in [4.78, 5) is 34.2. The zero-order valence-corrected chi connectivity index (χ0v) is 16.1. The van der Waals surface area contributed by atoms with Crippen molar-refractivity contribution in [3.63, 3.8) is 0 Å². The summed E-state index contributed by atoms with van der Waals surface area (Å²) in [5.41, 5.74) is 0.859. The third-order valence-corrected chi connectivity index (χ3v) is 6.77. The van der Waals surface area contributed by atoms with Crippen molar-refractivity contribution >= 4 is 27.3 Å². The van der Waals surface area contributed by atoms with E-state index in [1.807, 2.05) is 6.07 Å². The molecule has 0 aromatic carbocycles. The van der Waals surface area contributed by atoms with E-state index in [0.717, 1.165) is 56.9 Å². The van der Waals surface area contributed by atoms with Crippen LogP contribution in [0.25, 0.3) is 10.2 Å². The number of nitriles is 1. The zero-order valence-electron chi connectivity index (χ0n) is 15.3. The smallest absolute Gasteiger partial charge is 0.259 e. The summed E-state index contributed by atoms with van der Waals surface area (Å²) in [6.45, 7) is -0.106. The minimum atomic E-state index is -1.09. The summed E-state index contributed by atoms with van der Waals surface area (Å²) in [6, 6.07) is 2.00. The Balaban J connectivity index is 1.56. The summed E-state index contributed by atoms with van der Waals surface area (Å²) in [6.07, 6.45) is 9.56. The molecule has 0 saturated heterocycles. The number of aryl methyl sites for hydroxylation is 2. The van der Waals surface area contributed by atoms with Crippen LogP contribution in [0.3, 0.4) is 0 Å².